The van der Waals surface area contributed by atoms with Crippen LogP contribution in [0.1, 0.15) is 46.5 Å². The van der Waals surface area contributed by atoms with Gasteiger partial charge in [-0.25, -0.2) is 13.8 Å². The van der Waals surface area contributed by atoms with Crippen LogP contribution in [0, 0.1) is 11.6 Å². The van der Waals surface area contributed by atoms with E-state index < -0.39 is 59.1 Å². The molecule has 0 spiro atoms. The average Bonchev–Trinajstić information content (AvgIpc) is 3.21. The third-order valence-electron chi connectivity index (χ3n) is 5.00. The van der Waals surface area contributed by atoms with Crippen molar-refractivity contribution in [3.8, 4) is 17.0 Å². The first-order valence-electron chi connectivity index (χ1n) is 10.4. The monoisotopic (exact) mass is 510 g/mol. The number of carboxylic acids is 1. The van der Waals surface area contributed by atoms with Crippen molar-refractivity contribution in [3.63, 3.8) is 0 Å². The van der Waals surface area contributed by atoms with Crippen LogP contribution in [0.2, 0.25) is 0 Å². The minimum Gasteiger partial charge on any atom is -0.481 e. The number of carbonyl (C=O) groups excluding carboxylic acids is 1. The van der Waals surface area contributed by atoms with E-state index in [2.05, 4.69) is 11.6 Å². The molecule has 7 nitrogen and oxygen atoms in total. The van der Waals surface area contributed by atoms with Gasteiger partial charge in [0.2, 0.25) is 5.89 Å². The predicted molar refractivity (Wildman–Crippen MR) is 116 cm³/mol. The van der Waals surface area contributed by atoms with Crippen LogP contribution in [-0.4, -0.2) is 22.0 Å². The maximum absolute atomic E-state index is 14.7. The Labute approximate surface area is 201 Å². The number of aromatic nitrogens is 1. The van der Waals surface area contributed by atoms with Crippen molar-refractivity contribution >= 4 is 11.9 Å². The molecule has 36 heavy (non-hydrogen) atoms. The normalized spacial score (nSPS) is 12.2. The number of amides is 1. The predicted octanol–water partition coefficient (Wildman–Crippen LogP) is 5.45. The number of hydrogen-bond donors (Lipinski definition) is 2. The minimum atomic E-state index is -4.55. The van der Waals surface area contributed by atoms with Gasteiger partial charge in [-0.1, -0.05) is 18.2 Å². The van der Waals surface area contributed by atoms with E-state index in [1.165, 1.54) is 18.2 Å². The summed E-state index contributed by atoms with van der Waals surface area (Å²) in [7, 11) is 0. The highest BCUT2D eigenvalue weighted by Crippen LogP contribution is 2.35. The van der Waals surface area contributed by atoms with Crippen molar-refractivity contribution < 1.29 is 45.8 Å². The van der Waals surface area contributed by atoms with E-state index in [1.807, 2.05) is 0 Å². The smallest absolute Gasteiger partial charge is 0.416 e. The van der Waals surface area contributed by atoms with E-state index in [0.717, 1.165) is 24.3 Å². The van der Waals surface area contributed by atoms with Crippen molar-refractivity contribution in [1.29, 1.82) is 0 Å². The number of rotatable bonds is 10. The Balaban J connectivity index is 2.04. The molecule has 0 radical (unpaired) electrons. The van der Waals surface area contributed by atoms with Gasteiger partial charge in [0.1, 0.15) is 22.8 Å². The molecular weight excluding hydrogens is 491 g/mol. The van der Waals surface area contributed by atoms with Gasteiger partial charge in [-0.15, -0.1) is 6.58 Å². The summed E-state index contributed by atoms with van der Waals surface area (Å²) in [6, 6.07) is 5.72. The lowest BCUT2D eigenvalue weighted by molar-refractivity contribution is -0.138. The van der Waals surface area contributed by atoms with E-state index in [9.17, 15) is 31.5 Å². The van der Waals surface area contributed by atoms with Crippen molar-refractivity contribution in [3.05, 3.63) is 83.5 Å². The zero-order valence-corrected chi connectivity index (χ0v) is 18.4. The third kappa shape index (κ3) is 5.88. The Morgan fingerprint density at radius 3 is 2.39 bits per heavy atom. The second-order valence-electron chi connectivity index (χ2n) is 7.53. The number of benzene rings is 2. The topological polar surface area (TPSA) is 116 Å². The van der Waals surface area contributed by atoms with Crippen LogP contribution >= 0.6 is 0 Å². The zero-order chi connectivity index (χ0) is 26.6. The van der Waals surface area contributed by atoms with Gasteiger partial charge in [-0.05, 0) is 24.3 Å². The molecule has 190 valence electrons. The van der Waals surface area contributed by atoms with Gasteiger partial charge in [-0.2, -0.15) is 13.2 Å². The van der Waals surface area contributed by atoms with E-state index >= 15 is 0 Å². The molecule has 0 aliphatic rings. The molecule has 0 saturated carbocycles. The largest absolute Gasteiger partial charge is 0.481 e. The number of carbonyl (C=O) groups is 2. The van der Waals surface area contributed by atoms with Gasteiger partial charge in [0, 0.05) is 24.8 Å². The van der Waals surface area contributed by atoms with E-state index in [4.69, 9.17) is 20.0 Å². The molecule has 3 aromatic rings. The Morgan fingerprint density at radius 2 is 1.83 bits per heavy atom. The SMILES string of the molecule is C=CCc1oc(C(CCC(=O)O)Oc2ccc(F)c(C(N)=O)c2F)nc1-c1ccc(C(F)(F)F)cc1. The minimum absolute atomic E-state index is 0.103. The van der Waals surface area contributed by atoms with Crippen LogP contribution in [0.25, 0.3) is 11.3 Å². The molecule has 1 aromatic heterocycles. The standard InChI is InChI=1S/C24H19F5N2O5/c1-2-3-16-21(12-4-6-13(7-5-12)24(27,28)29)31-23(36-16)17(10-11-18(32)33)35-15-9-8-14(25)19(20(15)26)22(30)34/h2,4-9,17H,1,3,10-11H2,(H2,30,34)(H,32,33). The van der Waals surface area contributed by atoms with Crippen LogP contribution in [0.5, 0.6) is 5.75 Å². The van der Waals surface area contributed by atoms with Crippen LogP contribution < -0.4 is 10.5 Å². The average molecular weight is 510 g/mol. The molecule has 1 amide bonds. The first-order valence-corrected chi connectivity index (χ1v) is 10.4. The summed E-state index contributed by atoms with van der Waals surface area (Å²) in [6.07, 6.45) is -5.07. The molecule has 0 saturated heterocycles. The summed E-state index contributed by atoms with van der Waals surface area (Å²) < 4.78 is 78.6. The fourth-order valence-electron chi connectivity index (χ4n) is 3.31. The van der Waals surface area contributed by atoms with Crippen LogP contribution in [0.4, 0.5) is 22.0 Å². The number of oxazole rings is 1. The van der Waals surface area contributed by atoms with Crippen molar-refractivity contribution in [2.24, 2.45) is 5.73 Å². The summed E-state index contributed by atoms with van der Waals surface area (Å²) in [5, 5.41) is 9.10. The number of carboxylic acid groups (broad SMARTS) is 1. The fourth-order valence-corrected chi connectivity index (χ4v) is 3.31. The van der Waals surface area contributed by atoms with Crippen LogP contribution in [0.15, 0.2) is 53.5 Å². The highest BCUT2D eigenvalue weighted by molar-refractivity contribution is 5.93. The lowest BCUT2D eigenvalue weighted by Crippen LogP contribution is -2.17. The molecule has 3 N–H and O–H groups in total. The second-order valence-corrected chi connectivity index (χ2v) is 7.53. The fraction of sp³-hybridized carbons (Fsp3) is 0.208. The van der Waals surface area contributed by atoms with Gasteiger partial charge >= 0.3 is 12.1 Å². The number of alkyl halides is 3. The molecule has 0 aliphatic carbocycles. The number of ether oxygens (including phenoxy) is 1. The molecule has 2 aromatic carbocycles. The Hall–Kier alpha value is -4.22. The number of aliphatic carboxylic acids is 1. The lowest BCUT2D eigenvalue weighted by Gasteiger charge is -2.17. The van der Waals surface area contributed by atoms with Crippen LogP contribution in [0.3, 0.4) is 0 Å². The van der Waals surface area contributed by atoms with Gasteiger partial charge in [0.05, 0.1) is 5.56 Å². The summed E-state index contributed by atoms with van der Waals surface area (Å²) in [5.74, 6) is -5.87. The molecule has 1 unspecified atom stereocenters. The maximum atomic E-state index is 14.7. The molecule has 0 aliphatic heterocycles. The van der Waals surface area contributed by atoms with Gasteiger partial charge in [0.25, 0.3) is 5.91 Å². The lowest BCUT2D eigenvalue weighted by atomic mass is 10.1. The quantitative estimate of drug-likeness (QED) is 0.277. The highest BCUT2D eigenvalue weighted by atomic mass is 19.4. The molecule has 0 fully saturated rings. The van der Waals surface area contributed by atoms with Gasteiger partial charge in [-0.3, -0.25) is 9.59 Å². The number of halogens is 5. The molecule has 3 rings (SSSR count). The summed E-state index contributed by atoms with van der Waals surface area (Å²) in [6.45, 7) is 3.59. The number of primary amides is 1. The van der Waals surface area contributed by atoms with E-state index in [0.29, 0.717) is 0 Å². The van der Waals surface area contributed by atoms with Gasteiger partial charge in [0.15, 0.2) is 17.7 Å². The van der Waals surface area contributed by atoms with E-state index in [-0.39, 0.29) is 35.7 Å². The molecule has 1 atom stereocenters. The second kappa shape index (κ2) is 10.6. The molecule has 1 heterocycles. The number of hydrogen-bond acceptors (Lipinski definition) is 5. The number of nitrogens with zero attached hydrogens (tertiary/aromatic N) is 1. The van der Waals surface area contributed by atoms with E-state index in [1.54, 1.807) is 0 Å². The third-order valence-corrected chi connectivity index (χ3v) is 5.00. The Bertz CT molecular complexity index is 1290. The molecule has 12 heteroatoms. The van der Waals surface area contributed by atoms with Crippen molar-refractivity contribution in [2.75, 3.05) is 0 Å². The molecular formula is C24H19F5N2O5. The van der Waals surface area contributed by atoms with Crippen molar-refractivity contribution in [1.82, 2.24) is 4.98 Å². The maximum Gasteiger partial charge on any atom is 0.416 e. The zero-order valence-electron chi connectivity index (χ0n) is 18.4. The van der Waals surface area contributed by atoms with Crippen molar-refractivity contribution in [2.45, 2.75) is 31.5 Å². The highest BCUT2D eigenvalue weighted by Gasteiger charge is 2.31. The Morgan fingerprint density at radius 1 is 1.17 bits per heavy atom. The van der Waals surface area contributed by atoms with Gasteiger partial charge < -0.3 is 20.0 Å². The summed E-state index contributed by atoms with van der Waals surface area (Å²) in [4.78, 5) is 26.8. The summed E-state index contributed by atoms with van der Waals surface area (Å²) >= 11 is 0. The summed E-state index contributed by atoms with van der Waals surface area (Å²) in [5.41, 5.74) is 3.50. The van der Waals surface area contributed by atoms with Crippen LogP contribution in [-0.2, 0) is 17.4 Å². The first kappa shape index (κ1) is 26.4. The Kier molecular flexibility index (Phi) is 7.76. The number of nitrogens with two attached hydrogens (primary N) is 1. The molecule has 0 bridgehead atoms. The number of allylic oxidation sites excluding steroid dienone is 1. The first-order chi connectivity index (χ1) is 16.9.